The van der Waals surface area contributed by atoms with Crippen LogP contribution in [0.1, 0.15) is 10.4 Å². The highest BCUT2D eigenvalue weighted by Crippen LogP contribution is 2.14. The SMILES string of the molecule is O=C(CNC(=O)c1ccc(F)cc1I)Nc1ccc(F)c(F)c1. The summed E-state index contributed by atoms with van der Waals surface area (Å²) in [5, 5.41) is 4.68. The minimum absolute atomic E-state index is 0.0690. The van der Waals surface area contributed by atoms with Gasteiger partial charge in [0.15, 0.2) is 11.6 Å². The molecule has 0 aliphatic heterocycles. The van der Waals surface area contributed by atoms with Crippen molar-refractivity contribution in [1.82, 2.24) is 5.32 Å². The molecule has 120 valence electrons. The lowest BCUT2D eigenvalue weighted by Crippen LogP contribution is -2.33. The number of rotatable bonds is 4. The molecule has 2 rings (SSSR count). The van der Waals surface area contributed by atoms with E-state index in [1.165, 1.54) is 18.2 Å². The molecule has 0 bridgehead atoms. The van der Waals surface area contributed by atoms with Gasteiger partial charge in [-0.05, 0) is 52.9 Å². The smallest absolute Gasteiger partial charge is 0.252 e. The second-order valence-corrected chi connectivity index (χ2v) is 5.65. The van der Waals surface area contributed by atoms with E-state index in [2.05, 4.69) is 10.6 Å². The highest BCUT2D eigenvalue weighted by molar-refractivity contribution is 14.1. The van der Waals surface area contributed by atoms with Gasteiger partial charge in [-0.25, -0.2) is 13.2 Å². The van der Waals surface area contributed by atoms with Crippen LogP contribution >= 0.6 is 22.6 Å². The zero-order valence-electron chi connectivity index (χ0n) is 11.5. The quantitative estimate of drug-likeness (QED) is 0.728. The van der Waals surface area contributed by atoms with Gasteiger partial charge >= 0.3 is 0 Å². The van der Waals surface area contributed by atoms with Crippen LogP contribution < -0.4 is 10.6 Å². The lowest BCUT2D eigenvalue weighted by molar-refractivity contribution is -0.115. The van der Waals surface area contributed by atoms with E-state index >= 15 is 0 Å². The van der Waals surface area contributed by atoms with E-state index in [-0.39, 0.29) is 17.8 Å². The van der Waals surface area contributed by atoms with Gasteiger partial charge < -0.3 is 10.6 Å². The van der Waals surface area contributed by atoms with E-state index in [1.54, 1.807) is 22.6 Å². The van der Waals surface area contributed by atoms with E-state index in [1.807, 2.05) is 0 Å². The van der Waals surface area contributed by atoms with Gasteiger partial charge in [0, 0.05) is 15.3 Å². The van der Waals surface area contributed by atoms with E-state index in [0.717, 1.165) is 18.2 Å². The molecule has 0 aliphatic rings. The summed E-state index contributed by atoms with van der Waals surface area (Å²) in [5.74, 6) is -3.74. The second-order valence-electron chi connectivity index (χ2n) is 4.48. The molecule has 2 N–H and O–H groups in total. The van der Waals surface area contributed by atoms with Crippen LogP contribution in [0, 0.1) is 21.0 Å². The fourth-order valence-electron chi connectivity index (χ4n) is 1.71. The van der Waals surface area contributed by atoms with Gasteiger partial charge in [-0.1, -0.05) is 0 Å². The van der Waals surface area contributed by atoms with Crippen molar-refractivity contribution in [3.63, 3.8) is 0 Å². The van der Waals surface area contributed by atoms with Crippen LogP contribution in [0.5, 0.6) is 0 Å². The Balaban J connectivity index is 1.93. The van der Waals surface area contributed by atoms with Crippen molar-refractivity contribution in [2.24, 2.45) is 0 Å². The average molecular weight is 434 g/mol. The molecule has 4 nitrogen and oxygen atoms in total. The van der Waals surface area contributed by atoms with Crippen LogP contribution in [0.15, 0.2) is 36.4 Å². The number of nitrogens with one attached hydrogen (secondary N) is 2. The maximum atomic E-state index is 13.0. The Labute approximate surface area is 143 Å². The van der Waals surface area contributed by atoms with Gasteiger partial charge in [-0.3, -0.25) is 9.59 Å². The summed E-state index contributed by atoms with van der Waals surface area (Å²) in [5.41, 5.74) is 0.298. The van der Waals surface area contributed by atoms with Crippen LogP contribution in [0.4, 0.5) is 18.9 Å². The molecule has 0 saturated carbocycles. The Hall–Kier alpha value is -2.10. The molecule has 0 spiro atoms. The summed E-state index contributed by atoms with van der Waals surface area (Å²) >= 11 is 1.80. The first kappa shape index (κ1) is 17.3. The number of amides is 2. The van der Waals surface area contributed by atoms with Gasteiger partial charge in [0.1, 0.15) is 5.82 Å². The van der Waals surface area contributed by atoms with E-state index < -0.39 is 29.3 Å². The molecular weight excluding hydrogens is 424 g/mol. The van der Waals surface area contributed by atoms with Crippen molar-refractivity contribution in [2.75, 3.05) is 11.9 Å². The number of carbonyl (C=O) groups is 2. The van der Waals surface area contributed by atoms with Crippen LogP contribution in [-0.4, -0.2) is 18.4 Å². The van der Waals surface area contributed by atoms with Crippen molar-refractivity contribution in [2.45, 2.75) is 0 Å². The highest BCUT2D eigenvalue weighted by Gasteiger charge is 2.12. The van der Waals surface area contributed by atoms with Crippen LogP contribution in [0.2, 0.25) is 0 Å². The molecule has 0 atom stereocenters. The van der Waals surface area contributed by atoms with Crippen LogP contribution in [-0.2, 0) is 4.79 Å². The molecule has 0 saturated heterocycles. The molecule has 0 aliphatic carbocycles. The fraction of sp³-hybridized carbons (Fsp3) is 0.0667. The van der Waals surface area contributed by atoms with E-state index in [0.29, 0.717) is 3.57 Å². The summed E-state index contributed by atoms with van der Waals surface area (Å²) in [6.45, 7) is -0.370. The normalized spacial score (nSPS) is 10.3. The van der Waals surface area contributed by atoms with E-state index in [9.17, 15) is 22.8 Å². The molecule has 0 fully saturated rings. The molecule has 0 unspecified atom stereocenters. The molecule has 8 heteroatoms. The number of benzene rings is 2. The summed E-state index contributed by atoms with van der Waals surface area (Å²) in [7, 11) is 0. The third kappa shape index (κ3) is 4.68. The number of halogens is 4. The Morgan fingerprint density at radius 2 is 1.74 bits per heavy atom. The minimum Gasteiger partial charge on any atom is -0.343 e. The van der Waals surface area contributed by atoms with Crippen molar-refractivity contribution in [3.05, 3.63) is 63.0 Å². The summed E-state index contributed by atoms with van der Waals surface area (Å²) < 4.78 is 39.2. The van der Waals surface area contributed by atoms with Crippen LogP contribution in [0.25, 0.3) is 0 Å². The maximum Gasteiger partial charge on any atom is 0.252 e. The maximum absolute atomic E-state index is 13.0. The largest absolute Gasteiger partial charge is 0.343 e. The first-order valence-corrected chi connectivity index (χ1v) is 7.43. The molecule has 0 radical (unpaired) electrons. The van der Waals surface area contributed by atoms with Crippen LogP contribution in [0.3, 0.4) is 0 Å². The third-order valence-electron chi connectivity index (χ3n) is 2.79. The van der Waals surface area contributed by atoms with E-state index in [4.69, 9.17) is 0 Å². The number of hydrogen-bond acceptors (Lipinski definition) is 2. The van der Waals surface area contributed by atoms with Gasteiger partial charge in [-0.15, -0.1) is 0 Å². The topological polar surface area (TPSA) is 58.2 Å². The Kier molecular flexibility index (Phi) is 5.59. The molecule has 2 amide bonds. The number of carbonyl (C=O) groups excluding carboxylic acids is 2. The molecule has 23 heavy (non-hydrogen) atoms. The lowest BCUT2D eigenvalue weighted by atomic mass is 10.2. The zero-order chi connectivity index (χ0) is 17.0. The first-order valence-electron chi connectivity index (χ1n) is 6.35. The lowest BCUT2D eigenvalue weighted by Gasteiger charge is -2.08. The average Bonchev–Trinajstić information content (AvgIpc) is 2.48. The van der Waals surface area contributed by atoms with Crippen molar-refractivity contribution < 1.29 is 22.8 Å². The second kappa shape index (κ2) is 7.44. The third-order valence-corrected chi connectivity index (χ3v) is 3.68. The van der Waals surface area contributed by atoms with Crippen molar-refractivity contribution >= 4 is 40.1 Å². The number of hydrogen-bond donors (Lipinski definition) is 2. The van der Waals surface area contributed by atoms with Crippen molar-refractivity contribution in [3.8, 4) is 0 Å². The summed E-state index contributed by atoms with van der Waals surface area (Å²) in [6, 6.07) is 6.54. The Morgan fingerprint density at radius 3 is 2.39 bits per heavy atom. The number of anilines is 1. The molecule has 2 aromatic carbocycles. The molecule has 0 aromatic heterocycles. The van der Waals surface area contributed by atoms with Gasteiger partial charge in [-0.2, -0.15) is 0 Å². The van der Waals surface area contributed by atoms with Gasteiger partial charge in [0.2, 0.25) is 5.91 Å². The molecule has 0 heterocycles. The predicted octanol–water partition coefficient (Wildman–Crippen LogP) is 3.08. The zero-order valence-corrected chi connectivity index (χ0v) is 13.7. The first-order chi connectivity index (χ1) is 10.9. The summed E-state index contributed by atoms with van der Waals surface area (Å²) in [6.07, 6.45) is 0. The van der Waals surface area contributed by atoms with Crippen molar-refractivity contribution in [1.29, 1.82) is 0 Å². The predicted molar refractivity (Wildman–Crippen MR) is 86.4 cm³/mol. The standard InChI is InChI=1S/C15H10F3IN2O2/c16-8-1-3-10(13(19)5-8)15(23)20-7-14(22)21-9-2-4-11(17)12(18)6-9/h1-6H,7H2,(H,20,23)(H,21,22). The Morgan fingerprint density at radius 1 is 1.00 bits per heavy atom. The van der Waals surface area contributed by atoms with Gasteiger partial charge in [0.05, 0.1) is 12.1 Å². The fourth-order valence-corrected chi connectivity index (χ4v) is 2.43. The monoisotopic (exact) mass is 434 g/mol. The highest BCUT2D eigenvalue weighted by atomic mass is 127. The molecule has 2 aromatic rings. The Bertz CT molecular complexity index is 768. The summed E-state index contributed by atoms with van der Waals surface area (Å²) in [4.78, 5) is 23.6. The molecular formula is C15H10F3IN2O2. The minimum atomic E-state index is -1.09. The van der Waals surface area contributed by atoms with Gasteiger partial charge in [0.25, 0.3) is 5.91 Å².